The highest BCUT2D eigenvalue weighted by molar-refractivity contribution is 7.34. The van der Waals surface area contributed by atoms with Crippen LogP contribution in [0.4, 0.5) is 9.59 Å². The van der Waals surface area contributed by atoms with Gasteiger partial charge in [0.2, 0.25) is 0 Å². The predicted molar refractivity (Wildman–Crippen MR) is 271 cm³/mol. The Hall–Kier alpha value is -8.36. The van der Waals surface area contributed by atoms with E-state index in [4.69, 9.17) is 9.47 Å². The average molecular weight is 955 g/mol. The highest BCUT2D eigenvalue weighted by Crippen LogP contribution is 2.50. The molecule has 0 saturated carbocycles. The number of rotatable bonds is 6. The third-order valence-electron chi connectivity index (χ3n) is 12.7. The molecule has 5 heterocycles. The zero-order valence-electron chi connectivity index (χ0n) is 35.8. The lowest BCUT2D eigenvalue weighted by molar-refractivity contribution is 0.0975. The lowest BCUT2D eigenvalue weighted by Crippen LogP contribution is -2.16. The minimum atomic E-state index is -0.702. The fourth-order valence-electron chi connectivity index (χ4n) is 9.49. The largest absolute Gasteiger partial charge is 0.444 e. The first-order chi connectivity index (χ1) is 33.7. The molecule has 0 N–H and O–H groups in total. The summed E-state index contributed by atoms with van der Waals surface area (Å²) in [7, 11) is 0. The molecule has 2 aliphatic carbocycles. The predicted octanol–water partition coefficient (Wildman–Crippen LogP) is 13.7. The van der Waals surface area contributed by atoms with Crippen LogP contribution in [0.1, 0.15) is 62.3 Å². The van der Waals surface area contributed by atoms with E-state index in [0.29, 0.717) is 72.9 Å². The summed E-state index contributed by atoms with van der Waals surface area (Å²) >= 11 is 4.00. The summed E-state index contributed by atoms with van der Waals surface area (Å²) in [6.07, 6.45) is 1.77. The molecule has 2 aliphatic rings. The third-order valence-corrected chi connectivity index (χ3v) is 16.4. The van der Waals surface area contributed by atoms with E-state index >= 15 is 0 Å². The van der Waals surface area contributed by atoms with E-state index < -0.39 is 12.2 Å². The Morgan fingerprint density at radius 3 is 1.10 bits per heavy atom. The molecule has 10 nitrogen and oxygen atoms in total. The highest BCUT2D eigenvalue weighted by atomic mass is 32.1. The van der Waals surface area contributed by atoms with Crippen LogP contribution in [0.25, 0.3) is 74.6 Å². The van der Waals surface area contributed by atoms with Crippen molar-refractivity contribution < 1.29 is 38.2 Å². The van der Waals surface area contributed by atoms with E-state index in [-0.39, 0.29) is 47.5 Å². The highest BCUT2D eigenvalue weighted by Gasteiger charge is 2.36. The summed E-state index contributed by atoms with van der Waals surface area (Å²) in [5, 5.41) is 3.42. The van der Waals surface area contributed by atoms with Gasteiger partial charge in [0, 0.05) is 32.0 Å². The molecule has 0 bridgehead atoms. The zero-order valence-corrected chi connectivity index (χ0v) is 38.3. The average Bonchev–Trinajstić information content (AvgIpc) is 4.24. The van der Waals surface area contributed by atoms with E-state index in [1.54, 1.807) is 48.6 Å². The number of ketones is 4. The summed E-state index contributed by atoms with van der Waals surface area (Å²) in [6, 6.07) is 44.3. The van der Waals surface area contributed by atoms with Gasteiger partial charge in [0.05, 0.1) is 52.0 Å². The van der Waals surface area contributed by atoms with Crippen molar-refractivity contribution in [1.82, 2.24) is 9.13 Å². The Balaban J connectivity index is 0.981. The quantitative estimate of drug-likeness (QED) is 0.119. The molecule has 0 aliphatic heterocycles. The molecule has 0 atom stereocenters. The van der Waals surface area contributed by atoms with Crippen LogP contribution < -0.4 is 0 Å². The number of fused-ring (bicyclic) bond motifs is 11. The van der Waals surface area contributed by atoms with Gasteiger partial charge in [0.25, 0.3) is 0 Å². The van der Waals surface area contributed by atoms with Gasteiger partial charge in [0.1, 0.15) is 13.2 Å². The zero-order chi connectivity index (χ0) is 46.7. The first-order valence-corrected chi connectivity index (χ1v) is 24.3. The molecule has 330 valence electrons. The molecule has 0 saturated heterocycles. The van der Waals surface area contributed by atoms with Gasteiger partial charge in [-0.05, 0) is 81.2 Å². The number of carbonyl (C=O) groups excluding carboxylic acids is 6. The summed E-state index contributed by atoms with van der Waals surface area (Å²) in [6.45, 7) is -0.0648. The Bertz CT molecular complexity index is 3820. The molecular weight excluding hydrogens is 925 g/mol. The fourth-order valence-corrected chi connectivity index (χ4v) is 13.2. The van der Waals surface area contributed by atoms with Crippen LogP contribution >= 0.6 is 34.0 Å². The molecule has 5 aromatic heterocycles. The standard InChI is InChI=1S/C56H30N2O8S3/c59-47-37-19-31-15-7-8-16-32(31)20-38(37)48(60)41(47)23-35-25-43-51(67-35)53-45(57(43)55(63)65-27-29-11-3-1-4-12-29)46-54(69-53)52-44(58(46)56(64)66-28-30-13-5-2-6-14-30)26-36(68-52)24-42-49(61)39-21-33-17-9-10-18-34(33)22-40(39)50(42)62/h1-26H,27-28H2. The maximum absolute atomic E-state index is 14.6. The van der Waals surface area contributed by atoms with Gasteiger partial charge in [-0.3, -0.25) is 19.2 Å². The Morgan fingerprint density at radius 1 is 0.420 bits per heavy atom. The van der Waals surface area contributed by atoms with Gasteiger partial charge in [-0.25, -0.2) is 18.7 Å². The van der Waals surface area contributed by atoms with E-state index in [9.17, 15) is 28.8 Å². The second kappa shape index (κ2) is 15.6. The van der Waals surface area contributed by atoms with Crippen molar-refractivity contribution >= 4 is 144 Å². The Labute approximate surface area is 402 Å². The Morgan fingerprint density at radius 2 is 0.754 bits per heavy atom. The van der Waals surface area contributed by atoms with Gasteiger partial charge < -0.3 is 9.47 Å². The number of hydrogen-bond donors (Lipinski definition) is 0. The normalized spacial score (nSPS) is 13.5. The minimum absolute atomic E-state index is 0.0279. The number of nitrogens with zero attached hydrogens (tertiary/aromatic N) is 2. The number of aromatic nitrogens is 2. The van der Waals surface area contributed by atoms with Crippen molar-refractivity contribution in [3.63, 3.8) is 0 Å². The second-order valence-electron chi connectivity index (χ2n) is 16.9. The van der Waals surface area contributed by atoms with E-state index in [1.807, 2.05) is 109 Å². The lowest BCUT2D eigenvalue weighted by atomic mass is 10.0. The number of ether oxygens (including phenoxy) is 2. The number of thiophene rings is 3. The SMILES string of the molecule is O=C1C(=Cc2cc3c(s2)c2sc4c5sc(C=C6C(=O)c7cc8ccccc8cc7C6=O)cc5n(C(=O)OCc5ccccc5)c4c2n3C(=O)OCc2ccccc2)C(=O)c2cc3ccccc3cc21. The number of benzene rings is 6. The van der Waals surface area contributed by atoms with Crippen LogP contribution in [0.15, 0.2) is 157 Å². The summed E-state index contributed by atoms with van der Waals surface area (Å²) in [5.41, 5.74) is 4.76. The molecule has 0 spiro atoms. The van der Waals surface area contributed by atoms with Crippen molar-refractivity contribution in [2.24, 2.45) is 0 Å². The number of hydrogen-bond acceptors (Lipinski definition) is 11. The molecule has 0 unspecified atom stereocenters. The lowest BCUT2D eigenvalue weighted by Gasteiger charge is -2.10. The molecule has 0 radical (unpaired) electrons. The van der Waals surface area contributed by atoms with Gasteiger partial charge in [0.15, 0.2) is 23.1 Å². The first-order valence-electron chi connectivity index (χ1n) is 21.8. The minimum Gasteiger partial charge on any atom is -0.444 e. The van der Waals surface area contributed by atoms with Crippen LogP contribution in [-0.2, 0) is 22.7 Å². The first kappa shape index (κ1) is 40.9. The van der Waals surface area contributed by atoms with Gasteiger partial charge >= 0.3 is 12.2 Å². The summed E-state index contributed by atoms with van der Waals surface area (Å²) in [5.74, 6) is -1.49. The van der Waals surface area contributed by atoms with Gasteiger partial charge in [-0.15, -0.1) is 34.0 Å². The van der Waals surface area contributed by atoms with Crippen molar-refractivity contribution in [3.05, 3.63) is 200 Å². The van der Waals surface area contributed by atoms with Gasteiger partial charge in [-0.1, -0.05) is 109 Å². The molecule has 11 aromatic rings. The molecule has 0 amide bonds. The van der Waals surface area contributed by atoms with Crippen LogP contribution in [0, 0.1) is 0 Å². The van der Waals surface area contributed by atoms with E-state index in [2.05, 4.69) is 0 Å². The smallest absolute Gasteiger partial charge is 0.419 e. The maximum Gasteiger partial charge on any atom is 0.419 e. The van der Waals surface area contributed by atoms with E-state index in [0.717, 1.165) is 32.7 Å². The molecule has 6 aromatic carbocycles. The van der Waals surface area contributed by atoms with Crippen LogP contribution in [0.2, 0.25) is 0 Å². The maximum atomic E-state index is 14.6. The molecule has 69 heavy (non-hydrogen) atoms. The van der Waals surface area contributed by atoms with Crippen molar-refractivity contribution in [3.8, 4) is 0 Å². The number of carbonyl (C=O) groups is 6. The summed E-state index contributed by atoms with van der Waals surface area (Å²) in [4.78, 5) is 85.9. The summed E-state index contributed by atoms with van der Waals surface area (Å²) < 4.78 is 17.6. The monoisotopic (exact) mass is 954 g/mol. The number of Topliss-reactive ketones (excluding diaryl/α,β-unsaturated/α-hetero) is 4. The van der Waals surface area contributed by atoms with Crippen LogP contribution in [-0.4, -0.2) is 44.5 Å². The topological polar surface area (TPSA) is 131 Å². The van der Waals surface area contributed by atoms with Gasteiger partial charge in [-0.2, -0.15) is 0 Å². The number of allylic oxidation sites excluding steroid dienone is 2. The van der Waals surface area contributed by atoms with Crippen molar-refractivity contribution in [2.45, 2.75) is 13.2 Å². The molecule has 13 rings (SSSR count). The van der Waals surface area contributed by atoms with Crippen LogP contribution in [0.5, 0.6) is 0 Å². The molecule has 13 heteroatoms. The Kier molecular flexibility index (Phi) is 9.24. The van der Waals surface area contributed by atoms with Crippen molar-refractivity contribution in [1.29, 1.82) is 0 Å². The fraction of sp³-hybridized carbons (Fsp3) is 0.0357. The molecular formula is C56H30N2O8S3. The van der Waals surface area contributed by atoms with Crippen LogP contribution in [0.3, 0.4) is 0 Å². The second-order valence-corrected chi connectivity index (χ2v) is 20.0. The van der Waals surface area contributed by atoms with E-state index in [1.165, 1.54) is 43.1 Å². The molecule has 0 fully saturated rings. The third kappa shape index (κ3) is 6.42. The van der Waals surface area contributed by atoms with Crippen molar-refractivity contribution in [2.75, 3.05) is 0 Å².